The van der Waals surface area contributed by atoms with Gasteiger partial charge in [-0.3, -0.25) is 14.7 Å². The van der Waals surface area contributed by atoms with Gasteiger partial charge in [0.1, 0.15) is 51.6 Å². The Hall–Kier alpha value is -12.3. The van der Waals surface area contributed by atoms with Gasteiger partial charge in [-0.25, -0.2) is 33.9 Å². The van der Waals surface area contributed by atoms with Crippen LogP contribution in [0.2, 0.25) is 0 Å². The van der Waals surface area contributed by atoms with E-state index in [1.54, 1.807) is 55.9 Å². The van der Waals surface area contributed by atoms with E-state index in [-0.39, 0.29) is 35.7 Å². The molecule has 3 aliphatic rings. The molecule has 2 N–H and O–H groups in total. The molecule has 11 aromatic rings. The fourth-order valence-electron chi connectivity index (χ4n) is 14.3. The number of rotatable bonds is 24. The van der Waals surface area contributed by atoms with Crippen molar-refractivity contribution in [3.8, 4) is 46.0 Å². The number of aryl methyl sites for hydroxylation is 3. The van der Waals surface area contributed by atoms with Gasteiger partial charge in [-0.15, -0.1) is 0 Å². The third kappa shape index (κ3) is 24.9. The first-order chi connectivity index (χ1) is 57.2. The maximum absolute atomic E-state index is 13.0. The summed E-state index contributed by atoms with van der Waals surface area (Å²) in [6, 6.07) is 45.6. The Labute approximate surface area is 697 Å². The number of likely N-dealkylation sites (N-methyl/N-ethyl adjacent to an activating group) is 3. The highest BCUT2D eigenvalue weighted by Gasteiger charge is 2.35. The van der Waals surface area contributed by atoms with E-state index in [1.165, 1.54) is 16.7 Å². The van der Waals surface area contributed by atoms with E-state index >= 15 is 0 Å². The normalized spacial score (nSPS) is 15.7. The fraction of sp³-hybridized carbons (Fsp3) is 0.376. The molecule has 3 amide bonds. The highest BCUT2D eigenvalue weighted by atomic mass is 16.6. The molecule has 0 spiro atoms. The van der Waals surface area contributed by atoms with Gasteiger partial charge in [-0.05, 0) is 212 Å². The van der Waals surface area contributed by atoms with Crippen LogP contribution in [0, 0.1) is 20.8 Å². The van der Waals surface area contributed by atoms with Crippen LogP contribution >= 0.6 is 0 Å². The minimum Gasteiger partial charge on any atom is -0.497 e. The lowest BCUT2D eigenvalue weighted by atomic mass is 9.93. The van der Waals surface area contributed by atoms with Gasteiger partial charge < -0.3 is 62.9 Å². The van der Waals surface area contributed by atoms with E-state index in [2.05, 4.69) is 36.0 Å². The molecule has 3 saturated heterocycles. The highest BCUT2D eigenvalue weighted by Crippen LogP contribution is 2.42. The van der Waals surface area contributed by atoms with E-state index in [1.807, 2.05) is 249 Å². The molecule has 5 aromatic carbocycles. The second-order valence-electron chi connectivity index (χ2n) is 32.0. The highest BCUT2D eigenvalue weighted by molar-refractivity contribution is 5.90. The molecule has 119 heavy (non-hydrogen) atoms. The summed E-state index contributed by atoms with van der Waals surface area (Å²) in [7, 11) is 15.0. The van der Waals surface area contributed by atoms with Crippen LogP contribution in [-0.2, 0) is 32.2 Å². The second kappa shape index (κ2) is 41.7. The Morgan fingerprint density at radius 1 is 0.471 bits per heavy atom. The number of hydrogen-bond donors (Lipinski definition) is 2. The molecule has 0 aliphatic carbocycles. The monoisotopic (exact) mass is 1620 g/mol. The molecule has 6 aromatic heterocycles. The van der Waals surface area contributed by atoms with Crippen LogP contribution in [0.3, 0.4) is 0 Å². The zero-order valence-corrected chi connectivity index (χ0v) is 71.0. The Bertz CT molecular complexity index is 5260. The number of aromatic nitrogens is 9. The van der Waals surface area contributed by atoms with Crippen molar-refractivity contribution in [1.29, 1.82) is 0 Å². The number of hydrogen-bond acceptors (Lipinski definition) is 19. The lowest BCUT2D eigenvalue weighted by molar-refractivity contribution is -0.131. The number of benzene rings is 5. The summed E-state index contributed by atoms with van der Waals surface area (Å²) in [5.41, 5.74) is 10.1. The molecule has 0 radical (unpaired) electrons. The Morgan fingerprint density at radius 3 is 1.23 bits per heavy atom. The summed E-state index contributed by atoms with van der Waals surface area (Å²) in [5.74, 6) is 5.53. The van der Waals surface area contributed by atoms with Gasteiger partial charge in [0.05, 0.1) is 60.5 Å². The standard InChI is InChI=1S/C32H37N5O3.C31H36N4O4.C24H29N5O2.C6H11NO2/c1-23-9-13-27(14-10-23)40-28-17-18-33-32-30(28)31(34-37(32)21-24-11-15-26(39-4)16-12-24)25-7-5-20-36(22-25)29(38)8-6-19-35(2)3;1-21-8-12-25(13-9-21)38-26-16-17-32-29-27(26)28(33-35(29)19-22-10-14-24(37-5)15-11-22)23-7-6-18-34(20-23)30(36)39-31(2,3)4;1-17-8-10-19(11-9-17)31-20-12-13-25-24-22(20)23(26-27-24)18-6-4-15-29(16-18)21(30)7-5-14-28(2)3;1-7(2)5-3-4-6(8)9/h6,8-18,25H,5,7,19-22H2,1-4H3;8-17,23H,6-7,18-20H2,1-5H3;5,7-13,18H,4,6,14-16H2,1-3H3,(H,25,26,27);3-4H,5H2,1-2H3,(H,8,9)/b8-6+;;7-5+;4-3+. The van der Waals surface area contributed by atoms with E-state index in [9.17, 15) is 19.2 Å². The molecule has 0 saturated carbocycles. The number of amides is 3. The molecular weight excluding hydrogens is 1500 g/mol. The van der Waals surface area contributed by atoms with Crippen molar-refractivity contribution in [2.75, 3.05) is 115 Å². The van der Waals surface area contributed by atoms with Crippen LogP contribution in [0.1, 0.15) is 122 Å². The fourth-order valence-corrected chi connectivity index (χ4v) is 14.3. The van der Waals surface area contributed by atoms with E-state index in [0.29, 0.717) is 57.2 Å². The number of ether oxygens (including phenoxy) is 6. The lowest BCUT2D eigenvalue weighted by Gasteiger charge is -2.33. The number of aliphatic carboxylic acids is 1. The van der Waals surface area contributed by atoms with Crippen LogP contribution in [0.15, 0.2) is 195 Å². The van der Waals surface area contributed by atoms with Crippen molar-refractivity contribution in [3.63, 3.8) is 0 Å². The van der Waals surface area contributed by atoms with Crippen LogP contribution in [0.25, 0.3) is 33.1 Å². The number of nitrogens with one attached hydrogen (secondary N) is 1. The number of carboxylic acids is 1. The number of carboxylic acid groups (broad SMARTS) is 1. The van der Waals surface area contributed by atoms with Crippen molar-refractivity contribution < 1.29 is 52.7 Å². The minimum absolute atomic E-state index is 0.0236. The zero-order chi connectivity index (χ0) is 84.7. The maximum Gasteiger partial charge on any atom is 0.410 e. The number of pyridine rings is 3. The quantitative estimate of drug-likeness (QED) is 0.0532. The summed E-state index contributed by atoms with van der Waals surface area (Å²) in [6.07, 6.45) is 20.5. The first-order valence-electron chi connectivity index (χ1n) is 40.5. The van der Waals surface area contributed by atoms with Crippen LogP contribution in [-0.4, -0.2) is 224 Å². The lowest BCUT2D eigenvalue weighted by Crippen LogP contribution is -2.42. The second-order valence-corrected chi connectivity index (χ2v) is 32.0. The van der Waals surface area contributed by atoms with Crippen molar-refractivity contribution in [2.45, 2.75) is 117 Å². The SMILES string of the molecule is CN(C)C/C=C/C(=O)O.COc1ccc(Cn2nc(C3CCCN(C(=O)/C=C/CN(C)C)C3)c3c(Oc4ccc(C)cc4)ccnc32)cc1.COc1ccc(Cn2nc(C3CCCN(C(=O)OC(C)(C)C)C3)c3c(Oc4ccc(C)cc4)ccnc32)cc1.Cc1ccc(Oc2ccnc3n[nH]c(C4CCCN(C(=O)/C=C/CN(C)C)C4)c23)cc1. The minimum atomic E-state index is -0.892. The Kier molecular flexibility index (Phi) is 30.7. The average molecular weight is 1620 g/mol. The van der Waals surface area contributed by atoms with Gasteiger partial charge in [-0.2, -0.15) is 15.3 Å². The van der Waals surface area contributed by atoms with E-state index < -0.39 is 11.6 Å². The number of carbonyl (C=O) groups is 4. The maximum atomic E-state index is 13.0. The average Bonchev–Trinajstić information content (AvgIpc) is 1.62. The number of likely N-dealkylation sites (tertiary alicyclic amines) is 3. The first kappa shape index (κ1) is 87.6. The molecule has 626 valence electrons. The third-order valence-corrected chi connectivity index (χ3v) is 20.3. The number of piperidine rings is 3. The molecule has 26 heteroatoms. The molecule has 3 aliphatic heterocycles. The number of H-pyrrole nitrogens is 1. The molecule has 3 unspecified atom stereocenters. The summed E-state index contributed by atoms with van der Waals surface area (Å²) < 4.78 is 39.2. The van der Waals surface area contributed by atoms with Crippen LogP contribution in [0.4, 0.5) is 4.79 Å². The zero-order valence-electron chi connectivity index (χ0n) is 71.0. The number of methoxy groups -OCH3 is 2. The summed E-state index contributed by atoms with van der Waals surface area (Å²) >= 11 is 0. The van der Waals surface area contributed by atoms with Gasteiger partial charge in [0, 0.05) is 113 Å². The summed E-state index contributed by atoms with van der Waals surface area (Å²) in [6.45, 7) is 19.1. The Morgan fingerprint density at radius 2 is 0.832 bits per heavy atom. The van der Waals surface area contributed by atoms with Gasteiger partial charge in [0.15, 0.2) is 16.9 Å². The van der Waals surface area contributed by atoms with Crippen LogP contribution in [0.5, 0.6) is 46.0 Å². The molecule has 0 bridgehead atoms. The number of fused-ring (bicyclic) bond motifs is 3. The molecule has 14 rings (SSSR count). The Balaban J connectivity index is 0.000000167. The molecule has 3 atom stereocenters. The van der Waals surface area contributed by atoms with Gasteiger partial charge in [-0.1, -0.05) is 95.6 Å². The van der Waals surface area contributed by atoms with Gasteiger partial charge in [0.25, 0.3) is 0 Å². The third-order valence-electron chi connectivity index (χ3n) is 20.3. The molecule has 26 nitrogen and oxygen atoms in total. The van der Waals surface area contributed by atoms with Crippen molar-refractivity contribution in [1.82, 2.24) is 74.1 Å². The summed E-state index contributed by atoms with van der Waals surface area (Å²) in [4.78, 5) is 73.9. The van der Waals surface area contributed by atoms with Crippen molar-refractivity contribution in [2.24, 2.45) is 0 Å². The molecule has 3 fully saturated rings. The van der Waals surface area contributed by atoms with Gasteiger partial charge >= 0.3 is 12.1 Å². The van der Waals surface area contributed by atoms with E-state index in [4.69, 9.17) is 53.7 Å². The largest absolute Gasteiger partial charge is 0.497 e. The van der Waals surface area contributed by atoms with Crippen molar-refractivity contribution >= 4 is 57.0 Å². The van der Waals surface area contributed by atoms with Crippen LogP contribution < -0.4 is 23.7 Å². The number of carbonyl (C=O) groups excluding carboxylic acids is 3. The summed E-state index contributed by atoms with van der Waals surface area (Å²) in [5, 5.41) is 28.6. The number of aromatic amines is 1. The predicted octanol–water partition coefficient (Wildman–Crippen LogP) is 16.2. The van der Waals surface area contributed by atoms with E-state index in [0.717, 1.165) is 167 Å². The van der Waals surface area contributed by atoms with Gasteiger partial charge in [0.2, 0.25) is 11.8 Å². The first-order valence-corrected chi connectivity index (χ1v) is 40.5. The smallest absolute Gasteiger partial charge is 0.410 e. The topological polar surface area (TPSA) is 266 Å². The number of nitrogens with zero attached hydrogens (tertiary/aromatic N) is 14. The van der Waals surface area contributed by atoms with Crippen molar-refractivity contribution in [3.05, 3.63) is 239 Å². The molecule has 9 heterocycles. The molecular formula is C93H113N15O11. The predicted molar refractivity (Wildman–Crippen MR) is 465 cm³/mol.